The zero-order valence-electron chi connectivity index (χ0n) is 16.6. The van der Waals surface area contributed by atoms with E-state index in [1.54, 1.807) is 10.5 Å². The van der Waals surface area contributed by atoms with Crippen LogP contribution < -0.4 is 5.32 Å². The molecule has 1 saturated heterocycles. The van der Waals surface area contributed by atoms with Crippen LogP contribution in [0.4, 0.5) is 0 Å². The van der Waals surface area contributed by atoms with Gasteiger partial charge < -0.3 is 5.32 Å². The molecule has 1 saturated carbocycles. The predicted molar refractivity (Wildman–Crippen MR) is 105 cm³/mol. The van der Waals surface area contributed by atoms with Gasteiger partial charge in [0.2, 0.25) is 10.0 Å². The summed E-state index contributed by atoms with van der Waals surface area (Å²) >= 11 is 0. The van der Waals surface area contributed by atoms with Crippen LogP contribution in [0.2, 0.25) is 0 Å². The minimum atomic E-state index is -3.20. The summed E-state index contributed by atoms with van der Waals surface area (Å²) in [6, 6.07) is 0. The van der Waals surface area contributed by atoms with Crippen molar-refractivity contribution in [3.8, 4) is 0 Å². The Morgan fingerprint density at radius 2 is 1.96 bits per heavy atom. The third-order valence-electron chi connectivity index (χ3n) is 7.00. The van der Waals surface area contributed by atoms with E-state index in [1.807, 2.05) is 0 Å². The number of Topliss-reactive ketones (excluding diaryl/α,β-unsaturated/α-hetero) is 1. The summed E-state index contributed by atoms with van der Waals surface area (Å²) in [6.07, 6.45) is 6.67. The van der Waals surface area contributed by atoms with Crippen molar-refractivity contribution in [1.29, 1.82) is 0 Å². The lowest BCUT2D eigenvalue weighted by Gasteiger charge is -2.47. The lowest BCUT2D eigenvalue weighted by molar-refractivity contribution is -0.119. The topological polar surface area (TPSA) is 91.2 Å². The fourth-order valence-corrected chi connectivity index (χ4v) is 7.46. The molecule has 7 nitrogen and oxygen atoms in total. The molecule has 0 aromatic heterocycles. The van der Waals surface area contributed by atoms with Crippen LogP contribution in [0.15, 0.2) is 33.3 Å². The summed E-state index contributed by atoms with van der Waals surface area (Å²) in [5.41, 5.74) is 2.42. The number of carbonyl (C=O) groups is 1. The smallest absolute Gasteiger partial charge is 0.216 e. The zero-order valence-corrected chi connectivity index (χ0v) is 17.4. The van der Waals surface area contributed by atoms with Gasteiger partial charge in [0.25, 0.3) is 0 Å². The van der Waals surface area contributed by atoms with Gasteiger partial charge in [-0.2, -0.15) is 10.2 Å². The number of sulfonamides is 1. The summed E-state index contributed by atoms with van der Waals surface area (Å²) in [7, 11) is -3.20. The molecule has 3 heterocycles. The van der Waals surface area contributed by atoms with Crippen LogP contribution in [0.3, 0.4) is 0 Å². The first kappa shape index (κ1) is 18.5. The Kier molecular flexibility index (Phi) is 3.95. The monoisotopic (exact) mass is 404 g/mol. The molecule has 2 unspecified atom stereocenters. The summed E-state index contributed by atoms with van der Waals surface area (Å²) in [5.74, 6) is 0.198. The van der Waals surface area contributed by atoms with Crippen LogP contribution in [0.1, 0.15) is 58.8 Å². The normalized spacial score (nSPS) is 35.3. The third kappa shape index (κ3) is 2.71. The van der Waals surface area contributed by atoms with Gasteiger partial charge in [0.1, 0.15) is 0 Å². The Labute approximate surface area is 166 Å². The molecule has 5 rings (SSSR count). The van der Waals surface area contributed by atoms with E-state index in [2.05, 4.69) is 29.4 Å². The van der Waals surface area contributed by atoms with E-state index in [4.69, 9.17) is 0 Å². The maximum atomic E-state index is 13.3. The molecule has 5 aliphatic rings. The average Bonchev–Trinajstić information content (AvgIpc) is 3.38. The highest BCUT2D eigenvalue weighted by Gasteiger charge is 2.54. The fraction of sp³-hybridized carbons (Fsp3) is 0.750. The Morgan fingerprint density at radius 1 is 1.18 bits per heavy atom. The van der Waals surface area contributed by atoms with Crippen molar-refractivity contribution in [2.75, 3.05) is 13.1 Å². The van der Waals surface area contributed by atoms with Crippen molar-refractivity contribution in [1.82, 2.24) is 9.62 Å². The number of fused-ring (bicyclic) bond motifs is 3. The molecule has 8 heteroatoms. The molecular formula is C20H28N4O3S. The molecule has 0 aromatic rings. The molecule has 1 N–H and O–H groups in total. The Hall–Kier alpha value is -1.54. The molecule has 28 heavy (non-hydrogen) atoms. The molecule has 0 bridgehead atoms. The van der Waals surface area contributed by atoms with Crippen molar-refractivity contribution in [2.45, 2.75) is 70.2 Å². The number of hydrogen-bond donors (Lipinski definition) is 1. The van der Waals surface area contributed by atoms with Crippen molar-refractivity contribution in [3.63, 3.8) is 0 Å². The lowest BCUT2D eigenvalue weighted by atomic mass is 9.60. The third-order valence-corrected chi connectivity index (χ3v) is 9.39. The summed E-state index contributed by atoms with van der Waals surface area (Å²) in [5, 5.41) is 11.8. The van der Waals surface area contributed by atoms with E-state index in [9.17, 15) is 13.2 Å². The Bertz CT molecular complexity index is 929. The Balaban J connectivity index is 1.55. The summed E-state index contributed by atoms with van der Waals surface area (Å²) in [4.78, 5) is 13.3. The quantitative estimate of drug-likeness (QED) is 0.766. The first-order valence-corrected chi connectivity index (χ1v) is 11.9. The van der Waals surface area contributed by atoms with Gasteiger partial charge in [-0.15, -0.1) is 0 Å². The van der Waals surface area contributed by atoms with Crippen LogP contribution in [-0.2, 0) is 14.8 Å². The number of nitrogens with one attached hydrogen (secondary N) is 1. The van der Waals surface area contributed by atoms with Gasteiger partial charge in [-0.05, 0) is 43.9 Å². The first-order valence-electron chi connectivity index (χ1n) is 10.4. The van der Waals surface area contributed by atoms with Crippen LogP contribution in [-0.4, -0.2) is 43.0 Å². The minimum absolute atomic E-state index is 0.0762. The van der Waals surface area contributed by atoms with Crippen molar-refractivity contribution in [3.05, 3.63) is 23.0 Å². The minimum Gasteiger partial charge on any atom is -0.362 e. The highest BCUT2D eigenvalue weighted by atomic mass is 32.2. The SMILES string of the molecule is CC1(C)CC(=O)C2=C(C1)NC1N=NC=C1C21CCCN(S(=O)(=O)C2CC2)CC1. The molecule has 0 radical (unpaired) electrons. The average molecular weight is 405 g/mol. The van der Waals surface area contributed by atoms with Crippen molar-refractivity contribution in [2.24, 2.45) is 21.1 Å². The second kappa shape index (κ2) is 5.98. The van der Waals surface area contributed by atoms with Crippen molar-refractivity contribution >= 4 is 15.8 Å². The number of hydrogen-bond acceptors (Lipinski definition) is 6. The van der Waals surface area contributed by atoms with Crippen LogP contribution in [0.5, 0.6) is 0 Å². The number of ketones is 1. The van der Waals surface area contributed by atoms with E-state index >= 15 is 0 Å². The van der Waals surface area contributed by atoms with E-state index in [0.29, 0.717) is 25.9 Å². The Morgan fingerprint density at radius 3 is 2.71 bits per heavy atom. The van der Waals surface area contributed by atoms with Gasteiger partial charge in [0, 0.05) is 41.8 Å². The highest BCUT2D eigenvalue weighted by molar-refractivity contribution is 7.90. The number of azo groups is 1. The van der Waals surface area contributed by atoms with Gasteiger partial charge in [0.05, 0.1) is 11.4 Å². The van der Waals surface area contributed by atoms with Gasteiger partial charge >= 0.3 is 0 Å². The molecule has 1 spiro atoms. The van der Waals surface area contributed by atoms with Crippen LogP contribution >= 0.6 is 0 Å². The van der Waals surface area contributed by atoms with Gasteiger partial charge in [0.15, 0.2) is 11.9 Å². The number of carbonyl (C=O) groups excluding carboxylic acids is 1. The lowest BCUT2D eigenvalue weighted by Crippen LogP contribution is -2.49. The number of nitrogens with zero attached hydrogens (tertiary/aromatic N) is 3. The summed E-state index contributed by atoms with van der Waals surface area (Å²) < 4.78 is 27.3. The second-order valence-corrected chi connectivity index (χ2v) is 11.9. The van der Waals surface area contributed by atoms with Gasteiger partial charge in [-0.3, -0.25) is 4.79 Å². The van der Waals surface area contributed by atoms with Crippen LogP contribution in [0, 0.1) is 10.8 Å². The molecule has 0 amide bonds. The second-order valence-electron chi connectivity index (χ2n) is 9.74. The van der Waals surface area contributed by atoms with E-state index in [-0.39, 0.29) is 22.6 Å². The molecule has 2 fully saturated rings. The maximum absolute atomic E-state index is 13.3. The number of allylic oxidation sites excluding steroid dienone is 2. The van der Waals surface area contributed by atoms with Gasteiger partial charge in [-0.25, -0.2) is 12.7 Å². The molecular weight excluding hydrogens is 376 g/mol. The standard InChI is InChI=1S/C20H28N4O3S/c1-19(2)10-15-17(16(25)11-19)20(14-12-21-23-18(14)22-15)6-3-8-24(9-7-20)28(26,27)13-4-5-13/h12-13,18,22H,3-11H2,1-2H3. The maximum Gasteiger partial charge on any atom is 0.216 e. The van der Waals surface area contributed by atoms with E-state index in [0.717, 1.165) is 48.9 Å². The fourth-order valence-electron chi connectivity index (χ4n) is 5.58. The molecule has 2 atom stereocenters. The number of rotatable bonds is 2. The van der Waals surface area contributed by atoms with Crippen molar-refractivity contribution < 1.29 is 13.2 Å². The molecule has 2 aliphatic carbocycles. The van der Waals surface area contributed by atoms with Gasteiger partial charge in [-0.1, -0.05) is 13.8 Å². The highest BCUT2D eigenvalue weighted by Crippen LogP contribution is 2.55. The molecule has 3 aliphatic heterocycles. The zero-order chi connectivity index (χ0) is 19.7. The largest absolute Gasteiger partial charge is 0.362 e. The predicted octanol–water partition coefficient (Wildman–Crippen LogP) is 2.87. The molecule has 152 valence electrons. The van der Waals surface area contributed by atoms with E-state index < -0.39 is 15.4 Å². The van der Waals surface area contributed by atoms with E-state index in [1.165, 1.54) is 0 Å². The van der Waals surface area contributed by atoms with Crippen LogP contribution in [0.25, 0.3) is 0 Å². The first-order chi connectivity index (χ1) is 13.2. The molecule has 0 aromatic carbocycles. The summed E-state index contributed by atoms with van der Waals surface area (Å²) in [6.45, 7) is 5.27.